The minimum absolute atomic E-state index is 0.309. The highest BCUT2D eigenvalue weighted by atomic mass is 35.5. The predicted molar refractivity (Wildman–Crippen MR) is 49.7 cm³/mol. The van der Waals surface area contributed by atoms with Crippen molar-refractivity contribution < 1.29 is 4.39 Å². The van der Waals surface area contributed by atoms with Crippen LogP contribution in [-0.4, -0.2) is 27.5 Å². The molecule has 0 saturated heterocycles. The number of rotatable bonds is 6. The molecule has 1 aromatic rings. The number of halogens is 2. The molecule has 0 aliphatic rings. The van der Waals surface area contributed by atoms with E-state index < -0.39 is 0 Å². The third-order valence-electron chi connectivity index (χ3n) is 1.67. The van der Waals surface area contributed by atoms with Gasteiger partial charge in [0.1, 0.15) is 0 Å². The summed E-state index contributed by atoms with van der Waals surface area (Å²) in [4.78, 5) is 0. The van der Waals surface area contributed by atoms with Gasteiger partial charge in [0.25, 0.3) is 0 Å². The van der Waals surface area contributed by atoms with Crippen LogP contribution in [0.1, 0.15) is 18.5 Å². The first-order valence-electron chi connectivity index (χ1n) is 4.37. The first-order valence-corrected chi connectivity index (χ1v) is 4.91. The van der Waals surface area contributed by atoms with Crippen LogP contribution in [-0.2, 0) is 13.0 Å². The van der Waals surface area contributed by atoms with Crippen LogP contribution in [0, 0.1) is 0 Å². The van der Waals surface area contributed by atoms with Gasteiger partial charge in [0.05, 0.1) is 12.4 Å². The fourth-order valence-electron chi connectivity index (χ4n) is 1.03. The van der Waals surface area contributed by atoms with E-state index in [0.29, 0.717) is 18.8 Å². The van der Waals surface area contributed by atoms with E-state index in [1.165, 1.54) is 0 Å². The van der Waals surface area contributed by atoms with Crippen LogP contribution in [0.4, 0.5) is 4.39 Å². The zero-order chi connectivity index (χ0) is 9.52. The van der Waals surface area contributed by atoms with Crippen LogP contribution in [0.2, 0.25) is 0 Å². The Labute approximate surface area is 81.9 Å². The van der Waals surface area contributed by atoms with Gasteiger partial charge in [-0.3, -0.25) is 9.07 Å². The Kier molecular flexibility index (Phi) is 4.75. The summed E-state index contributed by atoms with van der Waals surface area (Å²) in [5.41, 5.74) is 0.930. The van der Waals surface area contributed by atoms with Gasteiger partial charge in [-0.1, -0.05) is 5.21 Å². The lowest BCUT2D eigenvalue weighted by Gasteiger charge is -1.94. The van der Waals surface area contributed by atoms with E-state index >= 15 is 0 Å². The molecule has 0 saturated carbocycles. The number of aryl methyl sites for hydroxylation is 2. The predicted octanol–water partition coefficient (Wildman–Crippen LogP) is 1.81. The molecule has 74 valence electrons. The van der Waals surface area contributed by atoms with Gasteiger partial charge in [-0.25, -0.2) is 0 Å². The van der Waals surface area contributed by atoms with E-state index in [4.69, 9.17) is 11.6 Å². The molecule has 13 heavy (non-hydrogen) atoms. The molecule has 1 aromatic heterocycles. The molecule has 0 amide bonds. The number of aromatic nitrogens is 3. The Balaban J connectivity index is 2.34. The third-order valence-corrected chi connectivity index (χ3v) is 1.94. The Morgan fingerprint density at radius 1 is 1.46 bits per heavy atom. The minimum atomic E-state index is -0.309. The lowest BCUT2D eigenvalue weighted by Crippen LogP contribution is -1.99. The van der Waals surface area contributed by atoms with Crippen molar-refractivity contribution in [3.63, 3.8) is 0 Å². The molecule has 3 nitrogen and oxygen atoms in total. The Bertz CT molecular complexity index is 217. The van der Waals surface area contributed by atoms with E-state index in [0.717, 1.165) is 18.5 Å². The molecule has 0 aliphatic heterocycles. The third kappa shape index (κ3) is 3.72. The minimum Gasteiger partial charge on any atom is -0.252 e. The van der Waals surface area contributed by atoms with Gasteiger partial charge >= 0.3 is 0 Å². The van der Waals surface area contributed by atoms with E-state index in [-0.39, 0.29) is 6.67 Å². The molecule has 1 heterocycles. The van der Waals surface area contributed by atoms with Crippen LogP contribution >= 0.6 is 11.6 Å². The molecular weight excluding hydrogens is 193 g/mol. The molecular formula is C8H13ClFN3. The van der Waals surface area contributed by atoms with Gasteiger partial charge in [0.15, 0.2) is 0 Å². The number of nitrogens with zero attached hydrogens (tertiary/aromatic N) is 3. The molecule has 0 spiro atoms. The van der Waals surface area contributed by atoms with Crippen molar-refractivity contribution >= 4 is 11.6 Å². The highest BCUT2D eigenvalue weighted by Crippen LogP contribution is 1.99. The van der Waals surface area contributed by atoms with E-state index in [1.807, 2.05) is 6.20 Å². The lowest BCUT2D eigenvalue weighted by molar-refractivity contribution is 0.431. The monoisotopic (exact) mass is 205 g/mol. The normalized spacial score (nSPS) is 10.6. The van der Waals surface area contributed by atoms with E-state index in [2.05, 4.69) is 10.3 Å². The quantitative estimate of drug-likeness (QED) is 0.664. The molecule has 0 N–H and O–H groups in total. The zero-order valence-electron chi connectivity index (χ0n) is 7.42. The standard InChI is InChI=1S/C8H13ClFN3/c9-4-1-3-8-7-13(12-11-8)6-2-5-10/h7H,1-6H2. The van der Waals surface area contributed by atoms with Gasteiger partial charge in [0, 0.05) is 18.6 Å². The second kappa shape index (κ2) is 5.91. The summed E-state index contributed by atoms with van der Waals surface area (Å²) in [6.45, 7) is 0.293. The lowest BCUT2D eigenvalue weighted by atomic mass is 10.3. The number of hydrogen-bond acceptors (Lipinski definition) is 2. The van der Waals surface area contributed by atoms with E-state index in [1.54, 1.807) is 4.68 Å². The second-order valence-corrected chi connectivity index (χ2v) is 3.19. The SMILES string of the molecule is FCCCn1cc(CCCCl)nn1. The van der Waals surface area contributed by atoms with Crippen molar-refractivity contribution in [3.8, 4) is 0 Å². The Morgan fingerprint density at radius 3 is 3.00 bits per heavy atom. The van der Waals surface area contributed by atoms with Crippen molar-refractivity contribution in [1.82, 2.24) is 15.0 Å². The summed E-state index contributed by atoms with van der Waals surface area (Å²) in [5, 5.41) is 7.80. The summed E-state index contributed by atoms with van der Waals surface area (Å²) in [6, 6.07) is 0. The summed E-state index contributed by atoms with van der Waals surface area (Å²) < 4.78 is 13.5. The van der Waals surface area contributed by atoms with Crippen molar-refractivity contribution in [2.24, 2.45) is 0 Å². The molecule has 0 aromatic carbocycles. The van der Waals surface area contributed by atoms with Crippen LogP contribution in [0.3, 0.4) is 0 Å². The number of alkyl halides is 2. The molecule has 0 bridgehead atoms. The summed E-state index contributed by atoms with van der Waals surface area (Å²) in [5.74, 6) is 0.636. The molecule has 0 fully saturated rings. The fourth-order valence-corrected chi connectivity index (χ4v) is 1.17. The second-order valence-electron chi connectivity index (χ2n) is 2.81. The Hall–Kier alpha value is -0.640. The van der Waals surface area contributed by atoms with Crippen LogP contribution in [0.15, 0.2) is 6.20 Å². The average molecular weight is 206 g/mol. The van der Waals surface area contributed by atoms with Crippen molar-refractivity contribution in [3.05, 3.63) is 11.9 Å². The topological polar surface area (TPSA) is 30.7 Å². The van der Waals surface area contributed by atoms with E-state index in [9.17, 15) is 4.39 Å². The van der Waals surface area contributed by atoms with Crippen molar-refractivity contribution in [2.45, 2.75) is 25.8 Å². The number of hydrogen-bond donors (Lipinski definition) is 0. The van der Waals surface area contributed by atoms with Crippen molar-refractivity contribution in [2.75, 3.05) is 12.6 Å². The molecule has 0 unspecified atom stereocenters. The van der Waals surface area contributed by atoms with Crippen LogP contribution in [0.25, 0.3) is 0 Å². The Morgan fingerprint density at radius 2 is 2.31 bits per heavy atom. The maximum absolute atomic E-state index is 11.8. The summed E-state index contributed by atoms with van der Waals surface area (Å²) >= 11 is 5.54. The van der Waals surface area contributed by atoms with Gasteiger partial charge < -0.3 is 0 Å². The average Bonchev–Trinajstić information content (AvgIpc) is 2.59. The maximum atomic E-state index is 11.8. The summed E-state index contributed by atoms with van der Waals surface area (Å²) in [7, 11) is 0. The maximum Gasteiger partial charge on any atom is 0.0912 e. The smallest absolute Gasteiger partial charge is 0.0912 e. The van der Waals surface area contributed by atoms with Gasteiger partial charge in [0.2, 0.25) is 0 Å². The molecule has 1 rings (SSSR count). The van der Waals surface area contributed by atoms with Crippen LogP contribution < -0.4 is 0 Å². The first-order chi connectivity index (χ1) is 6.36. The molecule has 0 aliphatic carbocycles. The van der Waals surface area contributed by atoms with Gasteiger partial charge in [-0.15, -0.1) is 16.7 Å². The summed E-state index contributed by atoms with van der Waals surface area (Å²) in [6.07, 6.45) is 4.10. The molecule has 0 radical (unpaired) electrons. The highest BCUT2D eigenvalue weighted by Gasteiger charge is 1.99. The molecule has 0 atom stereocenters. The largest absolute Gasteiger partial charge is 0.252 e. The first kappa shape index (κ1) is 10.4. The highest BCUT2D eigenvalue weighted by molar-refractivity contribution is 6.17. The molecule has 5 heteroatoms. The van der Waals surface area contributed by atoms with Crippen molar-refractivity contribution in [1.29, 1.82) is 0 Å². The van der Waals surface area contributed by atoms with Gasteiger partial charge in [-0.05, 0) is 19.3 Å². The van der Waals surface area contributed by atoms with Gasteiger partial charge in [-0.2, -0.15) is 0 Å². The fraction of sp³-hybridized carbons (Fsp3) is 0.750. The zero-order valence-corrected chi connectivity index (χ0v) is 8.17. The van der Waals surface area contributed by atoms with Crippen LogP contribution in [0.5, 0.6) is 0 Å².